The van der Waals surface area contributed by atoms with Gasteiger partial charge >= 0.3 is 0 Å². The number of hydrogen-bond acceptors (Lipinski definition) is 3. The largest absolute Gasteiger partial charge is 0.493 e. The molecule has 1 aromatic rings. The van der Waals surface area contributed by atoms with E-state index in [9.17, 15) is 0 Å². The fourth-order valence-corrected chi connectivity index (χ4v) is 1.80. The first kappa shape index (κ1) is 10.3. The van der Waals surface area contributed by atoms with Gasteiger partial charge in [-0.05, 0) is 43.1 Å². The molecule has 3 N–H and O–H groups in total. The van der Waals surface area contributed by atoms with Crippen molar-refractivity contribution in [1.29, 1.82) is 0 Å². The van der Waals surface area contributed by atoms with E-state index in [4.69, 9.17) is 10.5 Å². The Kier molecular flexibility index (Phi) is 3.45. The fraction of sp³-hybridized carbons (Fsp3) is 0.500. The minimum absolute atomic E-state index is 0.777. The van der Waals surface area contributed by atoms with E-state index in [1.165, 1.54) is 11.3 Å². The topological polar surface area (TPSA) is 47.3 Å². The van der Waals surface area contributed by atoms with Crippen molar-refractivity contribution in [2.45, 2.75) is 19.3 Å². The molecule has 0 atom stereocenters. The lowest BCUT2D eigenvalue weighted by Gasteiger charge is -2.07. The molecule has 0 spiro atoms. The Hall–Kier alpha value is -1.22. The Morgan fingerprint density at radius 1 is 1.33 bits per heavy atom. The molecule has 1 aliphatic heterocycles. The molecule has 15 heavy (non-hydrogen) atoms. The van der Waals surface area contributed by atoms with E-state index >= 15 is 0 Å². The lowest BCUT2D eigenvalue weighted by atomic mass is 10.1. The Balaban J connectivity index is 1.87. The highest BCUT2D eigenvalue weighted by Crippen LogP contribution is 2.27. The number of ether oxygens (including phenoxy) is 1. The van der Waals surface area contributed by atoms with Crippen LogP contribution in [0.25, 0.3) is 0 Å². The van der Waals surface area contributed by atoms with Crippen LogP contribution < -0.4 is 15.8 Å². The highest BCUT2D eigenvalue weighted by molar-refractivity contribution is 5.52. The summed E-state index contributed by atoms with van der Waals surface area (Å²) in [5.74, 6) is 1.04. The maximum absolute atomic E-state index is 5.45. The van der Waals surface area contributed by atoms with Crippen LogP contribution in [0, 0.1) is 0 Å². The molecule has 0 saturated heterocycles. The smallest absolute Gasteiger partial charge is 0.122 e. The number of nitrogens with two attached hydrogens (primary N) is 1. The molecule has 0 aliphatic carbocycles. The molecule has 2 rings (SSSR count). The van der Waals surface area contributed by atoms with Crippen molar-refractivity contribution in [3.8, 4) is 5.75 Å². The van der Waals surface area contributed by atoms with Crippen molar-refractivity contribution in [1.82, 2.24) is 0 Å². The Morgan fingerprint density at radius 3 is 3.13 bits per heavy atom. The van der Waals surface area contributed by atoms with Gasteiger partial charge in [-0.25, -0.2) is 0 Å². The lowest BCUT2D eigenvalue weighted by molar-refractivity contribution is 0.357. The monoisotopic (exact) mass is 206 g/mol. The van der Waals surface area contributed by atoms with Crippen LogP contribution in [0.15, 0.2) is 18.2 Å². The zero-order valence-electron chi connectivity index (χ0n) is 8.96. The van der Waals surface area contributed by atoms with Crippen molar-refractivity contribution in [3.05, 3.63) is 23.8 Å². The molecule has 0 saturated carbocycles. The molecule has 3 heteroatoms. The second kappa shape index (κ2) is 5.03. The molecule has 0 unspecified atom stereocenters. The van der Waals surface area contributed by atoms with Crippen molar-refractivity contribution in [3.63, 3.8) is 0 Å². The summed E-state index contributed by atoms with van der Waals surface area (Å²) in [5.41, 5.74) is 7.95. The highest BCUT2D eigenvalue weighted by atomic mass is 16.5. The number of hydrogen-bond donors (Lipinski definition) is 2. The summed E-state index contributed by atoms with van der Waals surface area (Å²) in [7, 11) is 0. The Bertz CT molecular complexity index is 325. The molecule has 0 radical (unpaired) electrons. The Labute approximate surface area is 90.6 Å². The summed E-state index contributed by atoms with van der Waals surface area (Å²) in [6.07, 6.45) is 3.25. The summed E-state index contributed by atoms with van der Waals surface area (Å²) >= 11 is 0. The van der Waals surface area contributed by atoms with Crippen LogP contribution in [0.1, 0.15) is 18.4 Å². The maximum atomic E-state index is 5.45. The van der Waals surface area contributed by atoms with Crippen molar-refractivity contribution >= 4 is 5.69 Å². The number of benzene rings is 1. The molecule has 1 heterocycles. The van der Waals surface area contributed by atoms with Gasteiger partial charge in [-0.2, -0.15) is 0 Å². The van der Waals surface area contributed by atoms with Crippen LogP contribution in [-0.2, 0) is 6.42 Å². The van der Waals surface area contributed by atoms with Gasteiger partial charge in [0.05, 0.1) is 6.61 Å². The van der Waals surface area contributed by atoms with Crippen LogP contribution in [0.5, 0.6) is 5.75 Å². The van der Waals surface area contributed by atoms with Gasteiger partial charge in [-0.15, -0.1) is 0 Å². The van der Waals surface area contributed by atoms with Gasteiger partial charge in [0.2, 0.25) is 0 Å². The second-order valence-corrected chi connectivity index (χ2v) is 3.84. The number of fused-ring (bicyclic) bond motifs is 1. The first-order valence-electron chi connectivity index (χ1n) is 5.60. The van der Waals surface area contributed by atoms with E-state index in [0.29, 0.717) is 0 Å². The quantitative estimate of drug-likeness (QED) is 0.722. The average molecular weight is 206 g/mol. The predicted molar refractivity (Wildman–Crippen MR) is 62.4 cm³/mol. The Morgan fingerprint density at radius 2 is 2.27 bits per heavy atom. The highest BCUT2D eigenvalue weighted by Gasteiger charge is 2.11. The summed E-state index contributed by atoms with van der Waals surface area (Å²) < 4.78 is 5.45. The van der Waals surface area contributed by atoms with Gasteiger partial charge in [-0.3, -0.25) is 0 Å². The van der Waals surface area contributed by atoms with Crippen LogP contribution >= 0.6 is 0 Å². The van der Waals surface area contributed by atoms with Gasteiger partial charge in [0, 0.05) is 18.7 Å². The molecule has 0 fully saturated rings. The molecule has 0 bridgehead atoms. The average Bonchev–Trinajstić information content (AvgIpc) is 2.71. The van der Waals surface area contributed by atoms with E-state index in [1.54, 1.807) is 0 Å². The molecule has 1 aliphatic rings. The number of nitrogens with one attached hydrogen (secondary N) is 1. The van der Waals surface area contributed by atoms with Gasteiger partial charge in [0.15, 0.2) is 0 Å². The number of rotatable bonds is 5. The van der Waals surface area contributed by atoms with Gasteiger partial charge < -0.3 is 15.8 Å². The van der Waals surface area contributed by atoms with Gasteiger partial charge in [0.25, 0.3) is 0 Å². The van der Waals surface area contributed by atoms with Gasteiger partial charge in [-0.1, -0.05) is 0 Å². The SMILES string of the molecule is NCCCCNc1ccc2c(c1)CCO2. The zero-order chi connectivity index (χ0) is 10.5. The molecular weight excluding hydrogens is 188 g/mol. The van der Waals surface area contributed by atoms with Crippen LogP contribution in [0.4, 0.5) is 5.69 Å². The van der Waals surface area contributed by atoms with E-state index in [1.807, 2.05) is 6.07 Å². The molecular formula is C12H18N2O. The number of anilines is 1. The normalized spacial score (nSPS) is 13.4. The van der Waals surface area contributed by atoms with E-state index in [2.05, 4.69) is 17.4 Å². The minimum Gasteiger partial charge on any atom is -0.493 e. The number of unbranched alkanes of at least 4 members (excludes halogenated alkanes) is 1. The third-order valence-electron chi connectivity index (χ3n) is 2.65. The molecule has 0 aromatic heterocycles. The maximum Gasteiger partial charge on any atom is 0.122 e. The van der Waals surface area contributed by atoms with E-state index < -0.39 is 0 Å². The third kappa shape index (κ3) is 2.63. The van der Waals surface area contributed by atoms with Crippen LogP contribution in [0.2, 0.25) is 0 Å². The molecule has 82 valence electrons. The predicted octanol–water partition coefficient (Wildman–Crippen LogP) is 1.77. The van der Waals surface area contributed by atoms with Crippen LogP contribution in [0.3, 0.4) is 0 Å². The van der Waals surface area contributed by atoms with E-state index in [0.717, 1.165) is 44.7 Å². The summed E-state index contributed by atoms with van der Waals surface area (Å²) in [5, 5.41) is 3.40. The van der Waals surface area contributed by atoms with Crippen LogP contribution in [-0.4, -0.2) is 19.7 Å². The molecule has 0 amide bonds. The first-order valence-corrected chi connectivity index (χ1v) is 5.60. The van der Waals surface area contributed by atoms with Crippen molar-refractivity contribution in [2.75, 3.05) is 25.0 Å². The minimum atomic E-state index is 0.777. The summed E-state index contributed by atoms with van der Waals surface area (Å²) in [6, 6.07) is 6.31. The van der Waals surface area contributed by atoms with E-state index in [-0.39, 0.29) is 0 Å². The molecule has 3 nitrogen and oxygen atoms in total. The lowest BCUT2D eigenvalue weighted by Crippen LogP contribution is -2.05. The molecule has 1 aromatic carbocycles. The van der Waals surface area contributed by atoms with Crippen molar-refractivity contribution in [2.24, 2.45) is 5.73 Å². The fourth-order valence-electron chi connectivity index (χ4n) is 1.80. The first-order chi connectivity index (χ1) is 7.40. The van der Waals surface area contributed by atoms with Gasteiger partial charge in [0.1, 0.15) is 5.75 Å². The zero-order valence-corrected chi connectivity index (χ0v) is 8.96. The van der Waals surface area contributed by atoms with Crippen molar-refractivity contribution < 1.29 is 4.74 Å². The summed E-state index contributed by atoms with van der Waals surface area (Å²) in [4.78, 5) is 0. The standard InChI is InChI=1S/C12H18N2O/c13-6-1-2-7-14-11-3-4-12-10(9-11)5-8-15-12/h3-4,9,14H,1-2,5-8,13H2. The third-order valence-corrected chi connectivity index (χ3v) is 2.65. The summed E-state index contributed by atoms with van der Waals surface area (Å²) in [6.45, 7) is 2.60. The second-order valence-electron chi connectivity index (χ2n) is 3.84.